The monoisotopic (exact) mass is 290 g/mol. The number of anilines is 1. The van der Waals surface area contributed by atoms with E-state index in [2.05, 4.69) is 20.2 Å². The molecule has 1 aromatic carbocycles. The summed E-state index contributed by atoms with van der Waals surface area (Å²) >= 11 is 0. The van der Waals surface area contributed by atoms with Crippen LogP contribution in [0.5, 0.6) is 0 Å². The molecule has 1 aliphatic heterocycles. The second-order valence-corrected chi connectivity index (χ2v) is 4.96. The molecule has 6 heteroatoms. The summed E-state index contributed by atoms with van der Waals surface area (Å²) in [6, 6.07) is 4.09. The number of hydrogen-bond donors (Lipinski definition) is 1. The molecule has 21 heavy (non-hydrogen) atoms. The van der Waals surface area contributed by atoms with Crippen LogP contribution < -0.4 is 10.2 Å². The average Bonchev–Trinajstić information content (AvgIpc) is 2.79. The van der Waals surface area contributed by atoms with Crippen LogP contribution in [-0.2, 0) is 0 Å². The molecule has 1 saturated heterocycles. The fourth-order valence-corrected chi connectivity index (χ4v) is 2.40. The number of nitrogens with zero attached hydrogens (tertiary/aromatic N) is 3. The van der Waals surface area contributed by atoms with Gasteiger partial charge in [-0.15, -0.1) is 0 Å². The van der Waals surface area contributed by atoms with Crippen molar-refractivity contribution in [2.24, 2.45) is 0 Å². The molecule has 0 bridgehead atoms. The highest BCUT2D eigenvalue weighted by molar-refractivity contribution is 5.62. The molecule has 0 aliphatic carbocycles. The van der Waals surface area contributed by atoms with E-state index in [0.717, 1.165) is 38.7 Å². The van der Waals surface area contributed by atoms with Crippen molar-refractivity contribution in [2.75, 3.05) is 31.1 Å². The summed E-state index contributed by atoms with van der Waals surface area (Å²) in [5, 5.41) is 3.31. The fraction of sp³-hybridized carbons (Fsp3) is 0.333. The molecule has 0 spiro atoms. The third-order valence-corrected chi connectivity index (χ3v) is 3.52. The first-order valence-electron chi connectivity index (χ1n) is 6.98. The highest BCUT2D eigenvalue weighted by Gasteiger charge is 2.14. The molecule has 0 unspecified atom stereocenters. The van der Waals surface area contributed by atoms with Crippen LogP contribution in [0.3, 0.4) is 0 Å². The Labute approximate surface area is 121 Å². The van der Waals surface area contributed by atoms with E-state index in [4.69, 9.17) is 0 Å². The Morgan fingerprint density at radius 3 is 2.67 bits per heavy atom. The van der Waals surface area contributed by atoms with Gasteiger partial charge in [-0.25, -0.2) is 18.7 Å². The predicted octanol–water partition coefficient (Wildman–Crippen LogP) is 2.22. The minimum atomic E-state index is -0.868. The van der Waals surface area contributed by atoms with Crippen LogP contribution in [0.2, 0.25) is 0 Å². The van der Waals surface area contributed by atoms with Gasteiger partial charge in [0.25, 0.3) is 0 Å². The standard InChI is InChI=1S/C15H16F2N4/c16-13-4-1-3-12(14(13)17)11-9-19-15(20-10-11)21-7-2-5-18-6-8-21/h1,3-4,9-10,18H,2,5-8H2. The van der Waals surface area contributed by atoms with Crippen LogP contribution in [-0.4, -0.2) is 36.1 Å². The molecule has 4 nitrogen and oxygen atoms in total. The van der Waals surface area contributed by atoms with Gasteiger partial charge in [0.2, 0.25) is 5.95 Å². The van der Waals surface area contributed by atoms with E-state index in [1.807, 2.05) is 0 Å². The molecule has 1 N–H and O–H groups in total. The van der Waals surface area contributed by atoms with Crippen molar-refractivity contribution in [3.8, 4) is 11.1 Å². The largest absolute Gasteiger partial charge is 0.340 e. The van der Waals surface area contributed by atoms with Gasteiger partial charge in [0, 0.05) is 43.2 Å². The zero-order chi connectivity index (χ0) is 14.7. The number of halogens is 2. The maximum absolute atomic E-state index is 13.7. The number of rotatable bonds is 2. The summed E-state index contributed by atoms with van der Waals surface area (Å²) in [6.45, 7) is 3.61. The quantitative estimate of drug-likeness (QED) is 0.921. The molecule has 2 heterocycles. The smallest absolute Gasteiger partial charge is 0.225 e. The van der Waals surface area contributed by atoms with Crippen molar-refractivity contribution in [3.63, 3.8) is 0 Å². The summed E-state index contributed by atoms with van der Waals surface area (Å²) < 4.78 is 27.0. The lowest BCUT2D eigenvalue weighted by Gasteiger charge is -2.19. The Balaban J connectivity index is 1.85. The number of benzene rings is 1. The highest BCUT2D eigenvalue weighted by atomic mass is 19.2. The maximum atomic E-state index is 13.7. The predicted molar refractivity (Wildman–Crippen MR) is 77.1 cm³/mol. The first kappa shape index (κ1) is 13.9. The number of nitrogens with one attached hydrogen (secondary N) is 1. The van der Waals surface area contributed by atoms with E-state index in [1.54, 1.807) is 12.4 Å². The lowest BCUT2D eigenvalue weighted by atomic mass is 10.1. The Hall–Kier alpha value is -2.08. The summed E-state index contributed by atoms with van der Waals surface area (Å²) in [5.74, 6) is -1.11. The van der Waals surface area contributed by atoms with Crippen molar-refractivity contribution in [1.82, 2.24) is 15.3 Å². The Bertz CT molecular complexity index is 608. The zero-order valence-electron chi connectivity index (χ0n) is 11.5. The van der Waals surface area contributed by atoms with E-state index >= 15 is 0 Å². The number of hydrogen-bond acceptors (Lipinski definition) is 4. The van der Waals surface area contributed by atoms with E-state index in [1.165, 1.54) is 12.1 Å². The SMILES string of the molecule is Fc1cccc(-c2cnc(N3CCCNCC3)nc2)c1F. The third kappa shape index (κ3) is 3.00. The van der Waals surface area contributed by atoms with Crippen molar-refractivity contribution < 1.29 is 8.78 Å². The van der Waals surface area contributed by atoms with Crippen LogP contribution in [0.25, 0.3) is 11.1 Å². The van der Waals surface area contributed by atoms with Gasteiger partial charge in [0.1, 0.15) is 0 Å². The first-order valence-corrected chi connectivity index (χ1v) is 6.98. The van der Waals surface area contributed by atoms with Crippen LogP contribution >= 0.6 is 0 Å². The van der Waals surface area contributed by atoms with Crippen molar-refractivity contribution >= 4 is 5.95 Å². The van der Waals surface area contributed by atoms with Crippen LogP contribution in [0, 0.1) is 11.6 Å². The number of aromatic nitrogens is 2. The van der Waals surface area contributed by atoms with Crippen molar-refractivity contribution in [1.29, 1.82) is 0 Å². The molecule has 0 radical (unpaired) electrons. The first-order chi connectivity index (χ1) is 10.3. The zero-order valence-corrected chi connectivity index (χ0v) is 11.5. The maximum Gasteiger partial charge on any atom is 0.225 e. The average molecular weight is 290 g/mol. The molecule has 3 rings (SSSR count). The molecule has 0 amide bonds. The van der Waals surface area contributed by atoms with Gasteiger partial charge in [-0.1, -0.05) is 12.1 Å². The lowest BCUT2D eigenvalue weighted by Crippen LogP contribution is -2.29. The molecule has 1 fully saturated rings. The molecule has 110 valence electrons. The second-order valence-electron chi connectivity index (χ2n) is 4.96. The van der Waals surface area contributed by atoms with Crippen molar-refractivity contribution in [3.05, 3.63) is 42.2 Å². The third-order valence-electron chi connectivity index (χ3n) is 3.52. The summed E-state index contributed by atoms with van der Waals surface area (Å²) in [4.78, 5) is 10.7. The minimum Gasteiger partial charge on any atom is -0.340 e. The topological polar surface area (TPSA) is 41.1 Å². The molecular formula is C15H16F2N4. The van der Waals surface area contributed by atoms with Gasteiger partial charge in [-0.3, -0.25) is 0 Å². The summed E-state index contributed by atoms with van der Waals surface area (Å²) in [7, 11) is 0. The van der Waals surface area contributed by atoms with E-state index in [0.29, 0.717) is 11.5 Å². The minimum absolute atomic E-state index is 0.180. The molecule has 0 atom stereocenters. The van der Waals surface area contributed by atoms with E-state index < -0.39 is 11.6 Å². The van der Waals surface area contributed by atoms with E-state index in [9.17, 15) is 8.78 Å². The molecule has 1 aliphatic rings. The van der Waals surface area contributed by atoms with Crippen LogP contribution in [0.1, 0.15) is 6.42 Å². The van der Waals surface area contributed by atoms with E-state index in [-0.39, 0.29) is 5.56 Å². The molecular weight excluding hydrogens is 274 g/mol. The molecule has 1 aromatic heterocycles. The van der Waals surface area contributed by atoms with Crippen LogP contribution in [0.15, 0.2) is 30.6 Å². The van der Waals surface area contributed by atoms with Crippen molar-refractivity contribution in [2.45, 2.75) is 6.42 Å². The van der Waals surface area contributed by atoms with Gasteiger partial charge in [-0.05, 0) is 19.0 Å². The molecule has 2 aromatic rings. The van der Waals surface area contributed by atoms with Gasteiger partial charge in [0.15, 0.2) is 11.6 Å². The summed E-state index contributed by atoms with van der Waals surface area (Å²) in [5.41, 5.74) is 0.655. The Morgan fingerprint density at radius 1 is 1.05 bits per heavy atom. The Morgan fingerprint density at radius 2 is 1.86 bits per heavy atom. The second kappa shape index (κ2) is 6.13. The van der Waals surface area contributed by atoms with Gasteiger partial charge < -0.3 is 10.2 Å². The lowest BCUT2D eigenvalue weighted by molar-refractivity contribution is 0.511. The van der Waals surface area contributed by atoms with Crippen LogP contribution in [0.4, 0.5) is 14.7 Å². The highest BCUT2D eigenvalue weighted by Crippen LogP contribution is 2.24. The fourth-order valence-electron chi connectivity index (χ4n) is 2.40. The van der Waals surface area contributed by atoms with Gasteiger partial charge in [0.05, 0.1) is 0 Å². The normalized spacial score (nSPS) is 15.8. The summed E-state index contributed by atoms with van der Waals surface area (Å²) in [6.07, 6.45) is 4.11. The van der Waals surface area contributed by atoms with Gasteiger partial charge >= 0.3 is 0 Å². The molecule has 0 saturated carbocycles. The van der Waals surface area contributed by atoms with Gasteiger partial charge in [-0.2, -0.15) is 0 Å². The Kier molecular flexibility index (Phi) is 4.06.